The number of benzene rings is 2. The number of nitrogens with zero attached hydrogens (tertiary/aromatic N) is 4. The molecule has 3 aliphatic rings. The highest BCUT2D eigenvalue weighted by molar-refractivity contribution is 5.94. The lowest BCUT2D eigenvalue weighted by atomic mass is 10.0. The topological polar surface area (TPSA) is 146 Å². The molecule has 13 heteroatoms. The van der Waals surface area contributed by atoms with Gasteiger partial charge < -0.3 is 34.5 Å². The van der Waals surface area contributed by atoms with Gasteiger partial charge in [0.25, 0.3) is 11.8 Å². The Balaban J connectivity index is 1.27. The average Bonchev–Trinajstić information content (AvgIpc) is 3.54. The molecule has 0 saturated carbocycles. The molecule has 0 spiro atoms. The maximum absolute atomic E-state index is 13.5. The van der Waals surface area contributed by atoms with E-state index < -0.39 is 12.1 Å². The molecule has 1 saturated heterocycles. The van der Waals surface area contributed by atoms with Crippen LogP contribution < -0.4 is 29.6 Å². The monoisotopic (exact) mass is 614 g/mol. The molecular formula is C32H34N6O7. The fourth-order valence-electron chi connectivity index (χ4n) is 5.56. The first-order valence-electron chi connectivity index (χ1n) is 14.7. The molecule has 0 unspecified atom stereocenters. The number of hydrogen-bond acceptors (Lipinski definition) is 9. The van der Waals surface area contributed by atoms with Crippen LogP contribution in [0.2, 0.25) is 0 Å². The van der Waals surface area contributed by atoms with Crippen molar-refractivity contribution in [1.82, 2.24) is 30.1 Å². The normalized spacial score (nSPS) is 19.1. The molecule has 0 aliphatic carbocycles. The fourth-order valence-corrected chi connectivity index (χ4v) is 5.56. The second-order valence-corrected chi connectivity index (χ2v) is 10.9. The Labute approximate surface area is 259 Å². The maximum Gasteiger partial charge on any atom is 0.258 e. The summed E-state index contributed by atoms with van der Waals surface area (Å²) in [6.07, 6.45) is 3.81. The lowest BCUT2D eigenvalue weighted by Gasteiger charge is -2.39. The molecule has 2 atom stereocenters. The fraction of sp³-hybridized carbons (Fsp3) is 0.344. The van der Waals surface area contributed by atoms with Crippen LogP contribution in [0.3, 0.4) is 0 Å². The number of likely N-dealkylation sites (tertiary alicyclic amines) is 1. The van der Waals surface area contributed by atoms with E-state index in [1.807, 2.05) is 18.2 Å². The zero-order valence-electron chi connectivity index (χ0n) is 25.0. The Bertz CT molecular complexity index is 1720. The number of carbonyl (C=O) groups is 3. The van der Waals surface area contributed by atoms with Crippen molar-refractivity contribution < 1.29 is 33.3 Å². The molecule has 0 radical (unpaired) electrons. The minimum atomic E-state index is -0.547. The van der Waals surface area contributed by atoms with Gasteiger partial charge in [0.2, 0.25) is 5.91 Å². The zero-order chi connectivity index (χ0) is 31.3. The van der Waals surface area contributed by atoms with Crippen molar-refractivity contribution in [3.8, 4) is 23.0 Å². The van der Waals surface area contributed by atoms with Crippen molar-refractivity contribution in [3.63, 3.8) is 0 Å². The highest BCUT2D eigenvalue weighted by atomic mass is 16.5. The summed E-state index contributed by atoms with van der Waals surface area (Å²) in [5, 5.41) is 10.1. The molecule has 234 valence electrons. The van der Waals surface area contributed by atoms with Gasteiger partial charge in [-0.05, 0) is 48.4 Å². The highest BCUT2D eigenvalue weighted by Crippen LogP contribution is 2.30. The van der Waals surface area contributed by atoms with Crippen LogP contribution >= 0.6 is 0 Å². The van der Waals surface area contributed by atoms with Gasteiger partial charge in [0.1, 0.15) is 23.9 Å². The van der Waals surface area contributed by atoms with E-state index in [0.29, 0.717) is 60.1 Å². The van der Waals surface area contributed by atoms with Crippen LogP contribution in [0.4, 0.5) is 0 Å². The van der Waals surface area contributed by atoms with Gasteiger partial charge in [-0.2, -0.15) is 5.10 Å². The standard InChI is InChI=1S/C32H34N6O7/c1-42-26-8-3-20-4-10-30(39)33-15-21-5-7-23(14-27(21)43-2)45-25-11-12-37(17-24(25)36-31(40)18-44-28(26)13-20)32(41)22-6-9-29-34-19-35-38(29)16-22/h3,5-9,13-14,16,19,24-25H,4,10-12,15,17-18H2,1-2H3,(H,33,39)(H,36,40)/t24-,25+/m1/s1. The SMILES string of the molecule is COc1cc2ccc1CNC(=O)CCc1ccc(OC)c(c1)OCC(=O)N[C@@H]1CN(C(=O)c3ccc4ncnn4c3)CC[C@@H]1O2. The van der Waals surface area contributed by atoms with E-state index in [2.05, 4.69) is 20.7 Å². The lowest BCUT2D eigenvalue weighted by molar-refractivity contribution is -0.125. The number of piperidine rings is 1. The Morgan fingerprint density at radius 2 is 1.87 bits per heavy atom. The van der Waals surface area contributed by atoms with Crippen molar-refractivity contribution in [2.24, 2.45) is 0 Å². The average molecular weight is 615 g/mol. The van der Waals surface area contributed by atoms with Gasteiger partial charge >= 0.3 is 0 Å². The summed E-state index contributed by atoms with van der Waals surface area (Å²) in [5.41, 5.74) is 2.75. The second kappa shape index (κ2) is 13.1. The summed E-state index contributed by atoms with van der Waals surface area (Å²) in [7, 11) is 3.08. The Hall–Kier alpha value is -5.33. The van der Waals surface area contributed by atoms with Gasteiger partial charge in [-0.15, -0.1) is 0 Å². The minimum Gasteiger partial charge on any atom is -0.496 e. The highest BCUT2D eigenvalue weighted by Gasteiger charge is 2.35. The molecule has 3 aliphatic heterocycles. The van der Waals surface area contributed by atoms with Crippen molar-refractivity contribution in [1.29, 1.82) is 0 Å². The molecule has 2 aromatic heterocycles. The number of aromatic nitrogens is 3. The molecule has 45 heavy (non-hydrogen) atoms. The van der Waals surface area contributed by atoms with E-state index >= 15 is 0 Å². The maximum atomic E-state index is 13.5. The largest absolute Gasteiger partial charge is 0.496 e. The summed E-state index contributed by atoms with van der Waals surface area (Å²) in [5.74, 6) is 1.27. The summed E-state index contributed by atoms with van der Waals surface area (Å²) >= 11 is 0. The van der Waals surface area contributed by atoms with Crippen LogP contribution in [0.25, 0.3) is 5.65 Å². The predicted molar refractivity (Wildman–Crippen MR) is 162 cm³/mol. The van der Waals surface area contributed by atoms with Gasteiger partial charge in [-0.3, -0.25) is 14.4 Å². The van der Waals surface area contributed by atoms with E-state index in [1.54, 1.807) is 53.1 Å². The number of ether oxygens (including phenoxy) is 4. The van der Waals surface area contributed by atoms with Crippen LogP contribution in [-0.2, 0) is 22.6 Å². The van der Waals surface area contributed by atoms with Gasteiger partial charge in [-0.1, -0.05) is 6.07 Å². The first kappa shape index (κ1) is 29.7. The van der Waals surface area contributed by atoms with E-state index in [0.717, 1.165) is 11.1 Å². The summed E-state index contributed by atoms with van der Waals surface area (Å²) in [6, 6.07) is 13.7. The Morgan fingerprint density at radius 1 is 1.00 bits per heavy atom. The van der Waals surface area contributed by atoms with Gasteiger partial charge in [0.05, 0.1) is 25.8 Å². The number of methoxy groups -OCH3 is 2. The van der Waals surface area contributed by atoms with Crippen LogP contribution in [0.5, 0.6) is 23.0 Å². The number of fused-ring (bicyclic) bond motifs is 10. The molecule has 13 nitrogen and oxygen atoms in total. The van der Waals surface area contributed by atoms with Crippen molar-refractivity contribution in [2.75, 3.05) is 33.9 Å². The molecule has 2 N–H and O–H groups in total. The minimum absolute atomic E-state index is 0.113. The van der Waals surface area contributed by atoms with E-state index in [9.17, 15) is 14.4 Å². The molecule has 4 aromatic rings. The van der Waals surface area contributed by atoms with Gasteiger partial charge in [0.15, 0.2) is 23.8 Å². The van der Waals surface area contributed by atoms with Crippen molar-refractivity contribution in [3.05, 3.63) is 77.7 Å². The zero-order valence-corrected chi connectivity index (χ0v) is 25.0. The Morgan fingerprint density at radius 3 is 2.71 bits per heavy atom. The molecule has 7 rings (SSSR count). The number of nitrogens with one attached hydrogen (secondary N) is 2. The van der Waals surface area contributed by atoms with Crippen LogP contribution in [0.1, 0.15) is 34.3 Å². The number of rotatable bonds is 3. The van der Waals surface area contributed by atoms with E-state index in [-0.39, 0.29) is 37.3 Å². The third-order valence-electron chi connectivity index (χ3n) is 7.95. The summed E-state index contributed by atoms with van der Waals surface area (Å²) in [4.78, 5) is 45.3. The third kappa shape index (κ3) is 6.77. The van der Waals surface area contributed by atoms with E-state index in [1.165, 1.54) is 13.4 Å². The molecule has 5 heterocycles. The summed E-state index contributed by atoms with van der Waals surface area (Å²) < 4.78 is 24.9. The number of hydrogen-bond donors (Lipinski definition) is 2. The predicted octanol–water partition coefficient (Wildman–Crippen LogP) is 2.17. The number of aryl methyl sites for hydroxylation is 1. The van der Waals surface area contributed by atoms with Crippen molar-refractivity contribution >= 4 is 23.4 Å². The smallest absolute Gasteiger partial charge is 0.258 e. The number of carbonyl (C=O) groups excluding carboxylic acids is 3. The first-order chi connectivity index (χ1) is 21.9. The van der Waals surface area contributed by atoms with Gasteiger partial charge in [-0.25, -0.2) is 9.50 Å². The first-order valence-corrected chi connectivity index (χ1v) is 14.7. The molecule has 4 bridgehead atoms. The molecule has 3 amide bonds. The van der Waals surface area contributed by atoms with Crippen LogP contribution in [-0.4, -0.2) is 83.3 Å². The summed E-state index contributed by atoms with van der Waals surface area (Å²) in [6.45, 7) is 0.624. The van der Waals surface area contributed by atoms with Crippen molar-refractivity contribution in [2.45, 2.75) is 38.0 Å². The molecule has 1 fully saturated rings. The van der Waals surface area contributed by atoms with Crippen LogP contribution in [0.15, 0.2) is 61.1 Å². The quantitative estimate of drug-likeness (QED) is 0.355. The third-order valence-corrected chi connectivity index (χ3v) is 7.95. The second-order valence-electron chi connectivity index (χ2n) is 10.9. The Kier molecular flexibility index (Phi) is 8.67. The molecule has 2 aromatic carbocycles. The lowest BCUT2D eigenvalue weighted by Crippen LogP contribution is -2.58. The van der Waals surface area contributed by atoms with Gasteiger partial charge in [0, 0.05) is 50.3 Å². The van der Waals surface area contributed by atoms with Crippen LogP contribution in [0, 0.1) is 0 Å². The molecular weight excluding hydrogens is 580 g/mol. The number of pyridine rings is 1. The number of amides is 3. The van der Waals surface area contributed by atoms with E-state index in [4.69, 9.17) is 18.9 Å².